The van der Waals surface area contributed by atoms with Crippen LogP contribution in [0.1, 0.15) is 33.1 Å². The monoisotopic (exact) mass is 366 g/mol. The van der Waals surface area contributed by atoms with Gasteiger partial charge in [-0.15, -0.1) is 0 Å². The van der Waals surface area contributed by atoms with E-state index in [0.717, 1.165) is 4.31 Å². The lowest BCUT2D eigenvalue weighted by molar-refractivity contribution is -0.131. The highest BCUT2D eigenvalue weighted by molar-refractivity contribution is 7.89. The molecule has 1 aromatic heterocycles. The molecule has 1 aliphatic heterocycles. The van der Waals surface area contributed by atoms with E-state index in [1.165, 1.54) is 24.8 Å². The molecule has 1 amide bonds. The summed E-state index contributed by atoms with van der Waals surface area (Å²) in [6.45, 7) is 4.41. The van der Waals surface area contributed by atoms with Crippen molar-refractivity contribution in [3.05, 3.63) is 30.8 Å². The number of amides is 1. The van der Waals surface area contributed by atoms with Gasteiger partial charge in [0.15, 0.2) is 10.8 Å². The molecule has 137 valence electrons. The number of nitrogens with zero attached hydrogens (tertiary/aromatic N) is 2. The minimum Gasteiger partial charge on any atom is -0.310 e. The maximum atomic E-state index is 13.1. The number of carbonyl (C=O) groups is 2. The average Bonchev–Trinajstić information content (AvgIpc) is 2.80. The minimum atomic E-state index is -4.21. The lowest BCUT2D eigenvalue weighted by Gasteiger charge is -2.29. The Morgan fingerprint density at radius 3 is 2.88 bits per heavy atom. The number of pyridine rings is 1. The van der Waals surface area contributed by atoms with Gasteiger partial charge in [-0.3, -0.25) is 9.59 Å². The number of aromatic nitrogens is 1. The third kappa shape index (κ3) is 4.64. The van der Waals surface area contributed by atoms with E-state index in [9.17, 15) is 18.0 Å². The van der Waals surface area contributed by atoms with Gasteiger partial charge in [-0.05, 0) is 37.4 Å². The molecule has 1 aromatic rings. The zero-order chi connectivity index (χ0) is 18.4. The van der Waals surface area contributed by atoms with E-state index in [-0.39, 0.29) is 23.3 Å². The SMILES string of the molecule is CCC(C)[CH]C(=O)N([C@H]1CCCNCC1=O)S(=O)(=O)c1ccccn1. The molecule has 0 aliphatic carbocycles. The number of ketones is 1. The number of Topliss-reactive ketones (excluding diaryl/α,β-unsaturated/α-hetero) is 1. The summed E-state index contributed by atoms with van der Waals surface area (Å²) in [5.74, 6) is -1.06. The molecule has 0 bridgehead atoms. The third-order valence-corrected chi connectivity index (χ3v) is 5.96. The Labute approximate surface area is 148 Å². The number of hydrogen-bond acceptors (Lipinski definition) is 6. The van der Waals surface area contributed by atoms with Crippen molar-refractivity contribution in [3.63, 3.8) is 0 Å². The predicted octanol–water partition coefficient (Wildman–Crippen LogP) is 1.17. The standard InChI is InChI=1S/C17H24N3O4S/c1-3-13(2)11-17(22)20(14-7-6-9-18-12-15(14)21)25(23,24)16-8-4-5-10-19-16/h4-5,8,10-11,13-14,18H,3,6-7,9,12H2,1-2H3/t13?,14-/m0/s1. The Balaban J connectivity index is 2.44. The van der Waals surface area contributed by atoms with Gasteiger partial charge in [0, 0.05) is 6.20 Å². The van der Waals surface area contributed by atoms with Crippen LogP contribution in [-0.2, 0) is 19.6 Å². The Hall–Kier alpha value is -1.80. The molecule has 1 saturated heterocycles. The van der Waals surface area contributed by atoms with Crippen molar-refractivity contribution in [2.24, 2.45) is 5.92 Å². The lowest BCUT2D eigenvalue weighted by atomic mass is 10.0. The van der Waals surface area contributed by atoms with Crippen LogP contribution in [0.3, 0.4) is 0 Å². The molecule has 0 aromatic carbocycles. The lowest BCUT2D eigenvalue weighted by Crippen LogP contribution is -2.50. The molecule has 0 spiro atoms. The minimum absolute atomic E-state index is 0.0511. The Morgan fingerprint density at radius 1 is 1.48 bits per heavy atom. The summed E-state index contributed by atoms with van der Waals surface area (Å²) in [6.07, 6.45) is 4.33. The fourth-order valence-corrected chi connectivity index (χ4v) is 4.14. The Morgan fingerprint density at radius 2 is 2.24 bits per heavy atom. The molecular weight excluding hydrogens is 342 g/mol. The molecule has 8 heteroatoms. The molecule has 1 N–H and O–H groups in total. The van der Waals surface area contributed by atoms with Crippen molar-refractivity contribution in [1.29, 1.82) is 0 Å². The zero-order valence-corrected chi connectivity index (χ0v) is 15.3. The van der Waals surface area contributed by atoms with Crippen molar-refractivity contribution in [2.75, 3.05) is 13.1 Å². The largest absolute Gasteiger partial charge is 0.310 e. The highest BCUT2D eigenvalue weighted by Gasteiger charge is 2.40. The highest BCUT2D eigenvalue weighted by atomic mass is 32.2. The second kappa shape index (κ2) is 8.53. The van der Waals surface area contributed by atoms with E-state index >= 15 is 0 Å². The van der Waals surface area contributed by atoms with E-state index in [2.05, 4.69) is 10.3 Å². The molecule has 2 rings (SSSR count). The molecule has 25 heavy (non-hydrogen) atoms. The van der Waals surface area contributed by atoms with Gasteiger partial charge in [0.05, 0.1) is 13.0 Å². The summed E-state index contributed by atoms with van der Waals surface area (Å²) in [6, 6.07) is 3.46. The van der Waals surface area contributed by atoms with E-state index in [1.54, 1.807) is 6.07 Å². The Kier molecular flexibility index (Phi) is 6.66. The first-order chi connectivity index (χ1) is 11.9. The normalized spacial score (nSPS) is 19.9. The molecule has 0 saturated carbocycles. The summed E-state index contributed by atoms with van der Waals surface area (Å²) in [7, 11) is -4.21. The van der Waals surface area contributed by atoms with Gasteiger partial charge in [-0.25, -0.2) is 9.29 Å². The predicted molar refractivity (Wildman–Crippen MR) is 92.9 cm³/mol. The van der Waals surface area contributed by atoms with Crippen LogP contribution in [0.15, 0.2) is 29.4 Å². The maximum Gasteiger partial charge on any atom is 0.284 e. The Bertz CT molecular complexity index is 706. The summed E-state index contributed by atoms with van der Waals surface area (Å²) in [5.41, 5.74) is 0. The van der Waals surface area contributed by atoms with Gasteiger partial charge in [-0.2, -0.15) is 8.42 Å². The van der Waals surface area contributed by atoms with Crippen LogP contribution >= 0.6 is 0 Å². The van der Waals surface area contributed by atoms with Crippen LogP contribution < -0.4 is 5.32 Å². The van der Waals surface area contributed by atoms with Crippen molar-refractivity contribution in [1.82, 2.24) is 14.6 Å². The van der Waals surface area contributed by atoms with Gasteiger partial charge in [0.25, 0.3) is 10.0 Å². The number of sulfonamides is 1. The smallest absolute Gasteiger partial charge is 0.284 e. The summed E-state index contributed by atoms with van der Waals surface area (Å²) >= 11 is 0. The molecule has 1 radical (unpaired) electrons. The average molecular weight is 366 g/mol. The first-order valence-corrected chi connectivity index (χ1v) is 9.89. The summed E-state index contributed by atoms with van der Waals surface area (Å²) < 4.78 is 26.8. The molecule has 1 unspecified atom stereocenters. The van der Waals surface area contributed by atoms with Crippen molar-refractivity contribution in [2.45, 2.75) is 44.2 Å². The molecule has 7 nitrogen and oxygen atoms in total. The molecule has 1 aliphatic rings. The van der Waals surface area contributed by atoms with Crippen LogP contribution in [0.2, 0.25) is 0 Å². The van der Waals surface area contributed by atoms with Crippen LogP contribution in [0.4, 0.5) is 0 Å². The molecule has 1 fully saturated rings. The third-order valence-electron chi connectivity index (χ3n) is 4.23. The molecule has 2 atom stereocenters. The van der Waals surface area contributed by atoms with Gasteiger partial charge in [0.2, 0.25) is 5.91 Å². The fourth-order valence-electron chi connectivity index (χ4n) is 2.63. The summed E-state index contributed by atoms with van der Waals surface area (Å²) in [5, 5.41) is 2.73. The van der Waals surface area contributed by atoms with Crippen molar-refractivity contribution >= 4 is 21.7 Å². The van der Waals surface area contributed by atoms with Gasteiger partial charge < -0.3 is 5.32 Å². The van der Waals surface area contributed by atoms with Gasteiger partial charge in [0.1, 0.15) is 6.04 Å². The number of hydrogen-bond donors (Lipinski definition) is 1. The molecular formula is C17H24N3O4S. The maximum absolute atomic E-state index is 13.1. The van der Waals surface area contributed by atoms with E-state index in [1.807, 2.05) is 13.8 Å². The van der Waals surface area contributed by atoms with E-state index in [4.69, 9.17) is 0 Å². The number of carbonyl (C=O) groups excluding carboxylic acids is 2. The second-order valence-electron chi connectivity index (χ2n) is 6.16. The van der Waals surface area contributed by atoms with Crippen LogP contribution in [0.25, 0.3) is 0 Å². The first kappa shape index (κ1) is 19.5. The van der Waals surface area contributed by atoms with Gasteiger partial charge in [-0.1, -0.05) is 26.3 Å². The highest BCUT2D eigenvalue weighted by Crippen LogP contribution is 2.23. The topological polar surface area (TPSA) is 96.4 Å². The number of rotatable bonds is 6. The van der Waals surface area contributed by atoms with Crippen LogP contribution in [0.5, 0.6) is 0 Å². The van der Waals surface area contributed by atoms with E-state index in [0.29, 0.717) is 25.8 Å². The van der Waals surface area contributed by atoms with E-state index < -0.39 is 22.0 Å². The fraction of sp³-hybridized carbons (Fsp3) is 0.529. The quantitative estimate of drug-likeness (QED) is 0.812. The van der Waals surface area contributed by atoms with Crippen molar-refractivity contribution in [3.8, 4) is 0 Å². The number of nitrogens with one attached hydrogen (secondary N) is 1. The first-order valence-electron chi connectivity index (χ1n) is 8.45. The summed E-state index contributed by atoms with van der Waals surface area (Å²) in [4.78, 5) is 29.1. The van der Waals surface area contributed by atoms with Crippen LogP contribution in [0, 0.1) is 12.3 Å². The zero-order valence-electron chi connectivity index (χ0n) is 14.5. The van der Waals surface area contributed by atoms with Crippen molar-refractivity contribution < 1.29 is 18.0 Å². The second-order valence-corrected chi connectivity index (χ2v) is 7.92. The van der Waals surface area contributed by atoms with Crippen LogP contribution in [-0.4, -0.2) is 48.5 Å². The van der Waals surface area contributed by atoms with Gasteiger partial charge >= 0.3 is 0 Å². The molecule has 2 heterocycles.